The number of nitrogens with zero attached hydrogens (tertiary/aromatic N) is 1. The van der Waals surface area contributed by atoms with Gasteiger partial charge in [0.1, 0.15) is 0 Å². The standard InChI is InChI=1S/C13H12BrClN2/c1-9-2-3-13(11(14)6-9)17-7-10-4-5-16-8-12(10)15/h2-6,8,17H,7H2,1H3. The molecule has 1 aromatic carbocycles. The Morgan fingerprint density at radius 1 is 1.35 bits per heavy atom. The number of aryl methyl sites for hydroxylation is 1. The largest absolute Gasteiger partial charge is 0.380 e. The van der Waals surface area contributed by atoms with E-state index >= 15 is 0 Å². The predicted octanol–water partition coefficient (Wildman–Crippen LogP) is 4.42. The minimum atomic E-state index is 0.684. The molecule has 4 heteroatoms. The zero-order chi connectivity index (χ0) is 12.3. The van der Waals surface area contributed by atoms with E-state index < -0.39 is 0 Å². The van der Waals surface area contributed by atoms with Gasteiger partial charge in [-0.15, -0.1) is 0 Å². The second-order valence-electron chi connectivity index (χ2n) is 3.80. The number of halogens is 2. The van der Waals surface area contributed by atoms with Crippen molar-refractivity contribution in [2.45, 2.75) is 13.5 Å². The first-order valence-corrected chi connectivity index (χ1v) is 6.42. The number of benzene rings is 1. The molecule has 0 aliphatic heterocycles. The van der Waals surface area contributed by atoms with Gasteiger partial charge < -0.3 is 5.32 Å². The molecule has 0 aliphatic carbocycles. The highest BCUT2D eigenvalue weighted by Crippen LogP contribution is 2.24. The van der Waals surface area contributed by atoms with Crippen molar-refractivity contribution in [3.8, 4) is 0 Å². The first-order valence-electron chi connectivity index (χ1n) is 5.25. The van der Waals surface area contributed by atoms with Crippen LogP contribution in [0.25, 0.3) is 0 Å². The molecule has 88 valence electrons. The fraction of sp³-hybridized carbons (Fsp3) is 0.154. The van der Waals surface area contributed by atoms with Crippen molar-refractivity contribution < 1.29 is 0 Å². The highest BCUT2D eigenvalue weighted by Gasteiger charge is 2.02. The minimum Gasteiger partial charge on any atom is -0.380 e. The molecule has 2 nitrogen and oxygen atoms in total. The van der Waals surface area contributed by atoms with Crippen molar-refractivity contribution in [1.29, 1.82) is 0 Å². The Bertz CT molecular complexity index is 529. The van der Waals surface area contributed by atoms with Crippen LogP contribution in [-0.4, -0.2) is 4.98 Å². The molecule has 0 bridgehead atoms. The summed E-state index contributed by atoms with van der Waals surface area (Å²) in [5, 5.41) is 4.02. The number of nitrogens with one attached hydrogen (secondary N) is 1. The Kier molecular flexibility index (Phi) is 4.02. The first-order chi connectivity index (χ1) is 8.16. The summed E-state index contributed by atoms with van der Waals surface area (Å²) in [4.78, 5) is 3.96. The maximum Gasteiger partial charge on any atom is 0.0639 e. The van der Waals surface area contributed by atoms with E-state index in [4.69, 9.17) is 11.6 Å². The average Bonchev–Trinajstić information content (AvgIpc) is 2.30. The van der Waals surface area contributed by atoms with Crippen LogP contribution in [0.2, 0.25) is 5.02 Å². The van der Waals surface area contributed by atoms with Crippen LogP contribution in [0.3, 0.4) is 0 Å². The maximum atomic E-state index is 6.04. The minimum absolute atomic E-state index is 0.684. The molecule has 0 aliphatic rings. The summed E-state index contributed by atoms with van der Waals surface area (Å²) >= 11 is 9.57. The number of pyridine rings is 1. The molecule has 0 radical (unpaired) electrons. The van der Waals surface area contributed by atoms with Gasteiger partial charge in [-0.05, 0) is 52.2 Å². The first kappa shape index (κ1) is 12.4. The van der Waals surface area contributed by atoms with Gasteiger partial charge in [0, 0.05) is 29.1 Å². The number of aromatic nitrogens is 1. The van der Waals surface area contributed by atoms with Gasteiger partial charge in [-0.1, -0.05) is 17.7 Å². The maximum absolute atomic E-state index is 6.04. The molecule has 17 heavy (non-hydrogen) atoms. The molecule has 0 saturated heterocycles. The Morgan fingerprint density at radius 3 is 2.88 bits per heavy atom. The van der Waals surface area contributed by atoms with Crippen molar-refractivity contribution in [2.75, 3.05) is 5.32 Å². The lowest BCUT2D eigenvalue weighted by molar-refractivity contribution is 1.12. The van der Waals surface area contributed by atoms with Crippen molar-refractivity contribution in [1.82, 2.24) is 4.98 Å². The van der Waals surface area contributed by atoms with Gasteiger partial charge in [-0.2, -0.15) is 0 Å². The SMILES string of the molecule is Cc1ccc(NCc2ccncc2Cl)c(Br)c1. The second-order valence-corrected chi connectivity index (χ2v) is 5.07. The molecule has 2 rings (SSSR count). The van der Waals surface area contributed by atoms with Crippen LogP contribution in [0.1, 0.15) is 11.1 Å². The van der Waals surface area contributed by atoms with E-state index in [0.717, 1.165) is 15.7 Å². The summed E-state index contributed by atoms with van der Waals surface area (Å²) in [6, 6.07) is 8.11. The van der Waals surface area contributed by atoms with E-state index in [1.54, 1.807) is 12.4 Å². The van der Waals surface area contributed by atoms with E-state index in [0.29, 0.717) is 11.6 Å². The molecule has 0 atom stereocenters. The lowest BCUT2D eigenvalue weighted by Crippen LogP contribution is -2.01. The van der Waals surface area contributed by atoms with Crippen LogP contribution in [0.5, 0.6) is 0 Å². The van der Waals surface area contributed by atoms with Crippen LogP contribution in [0.4, 0.5) is 5.69 Å². The van der Waals surface area contributed by atoms with Crippen LogP contribution in [0, 0.1) is 6.92 Å². The normalized spacial score (nSPS) is 10.3. The predicted molar refractivity (Wildman–Crippen MR) is 75.5 cm³/mol. The summed E-state index contributed by atoms with van der Waals surface area (Å²) in [7, 11) is 0. The molecule has 1 heterocycles. The molecule has 2 aromatic rings. The lowest BCUT2D eigenvalue weighted by atomic mass is 10.2. The quantitative estimate of drug-likeness (QED) is 0.907. The summed E-state index contributed by atoms with van der Waals surface area (Å²) in [5.41, 5.74) is 3.32. The zero-order valence-corrected chi connectivity index (χ0v) is 11.7. The molecule has 0 unspecified atom stereocenters. The van der Waals surface area contributed by atoms with Crippen LogP contribution in [0.15, 0.2) is 41.1 Å². The number of anilines is 1. The smallest absolute Gasteiger partial charge is 0.0639 e. The molecule has 1 N–H and O–H groups in total. The van der Waals surface area contributed by atoms with Gasteiger partial charge in [0.25, 0.3) is 0 Å². The van der Waals surface area contributed by atoms with Gasteiger partial charge in [-0.25, -0.2) is 0 Å². The zero-order valence-electron chi connectivity index (χ0n) is 9.37. The molecule has 0 saturated carbocycles. The van der Waals surface area contributed by atoms with E-state index in [9.17, 15) is 0 Å². The molecule has 0 fully saturated rings. The summed E-state index contributed by atoms with van der Waals surface area (Å²) in [6.07, 6.45) is 3.40. The molecule has 1 aromatic heterocycles. The highest BCUT2D eigenvalue weighted by molar-refractivity contribution is 9.10. The number of hydrogen-bond acceptors (Lipinski definition) is 2. The van der Waals surface area contributed by atoms with Crippen molar-refractivity contribution in [2.24, 2.45) is 0 Å². The highest BCUT2D eigenvalue weighted by atomic mass is 79.9. The third kappa shape index (κ3) is 3.20. The third-order valence-corrected chi connectivity index (χ3v) is 3.45. The number of rotatable bonds is 3. The summed E-state index contributed by atoms with van der Waals surface area (Å²) in [6.45, 7) is 2.75. The van der Waals surface area contributed by atoms with Crippen molar-refractivity contribution in [3.63, 3.8) is 0 Å². The summed E-state index contributed by atoms with van der Waals surface area (Å²) in [5.74, 6) is 0. The monoisotopic (exact) mass is 310 g/mol. The topological polar surface area (TPSA) is 24.9 Å². The Balaban J connectivity index is 2.10. The number of hydrogen-bond donors (Lipinski definition) is 1. The van der Waals surface area contributed by atoms with Gasteiger partial charge in [0.2, 0.25) is 0 Å². The van der Waals surface area contributed by atoms with Crippen molar-refractivity contribution >= 4 is 33.2 Å². The molecular weight excluding hydrogens is 300 g/mol. The Hall–Kier alpha value is -1.06. The van der Waals surface area contributed by atoms with Crippen LogP contribution < -0.4 is 5.32 Å². The molecular formula is C13H12BrClN2. The fourth-order valence-corrected chi connectivity index (χ4v) is 2.32. The van der Waals surface area contributed by atoms with E-state index in [-0.39, 0.29) is 0 Å². The average molecular weight is 312 g/mol. The van der Waals surface area contributed by atoms with Gasteiger partial charge >= 0.3 is 0 Å². The van der Waals surface area contributed by atoms with E-state index in [1.807, 2.05) is 6.07 Å². The summed E-state index contributed by atoms with van der Waals surface area (Å²) < 4.78 is 1.06. The van der Waals surface area contributed by atoms with Crippen molar-refractivity contribution in [3.05, 3.63) is 57.3 Å². The molecule has 0 spiro atoms. The molecule has 0 amide bonds. The second kappa shape index (κ2) is 5.52. The Morgan fingerprint density at radius 2 is 2.18 bits per heavy atom. The van der Waals surface area contributed by atoms with E-state index in [1.165, 1.54) is 5.56 Å². The lowest BCUT2D eigenvalue weighted by Gasteiger charge is -2.10. The third-order valence-electron chi connectivity index (χ3n) is 2.45. The van der Waals surface area contributed by atoms with E-state index in [2.05, 4.69) is 51.4 Å². The van der Waals surface area contributed by atoms with Crippen LogP contribution >= 0.6 is 27.5 Å². The van der Waals surface area contributed by atoms with Crippen LogP contribution in [-0.2, 0) is 6.54 Å². The Labute approximate surface area is 114 Å². The van der Waals surface area contributed by atoms with Gasteiger partial charge in [0.15, 0.2) is 0 Å². The van der Waals surface area contributed by atoms with Gasteiger partial charge in [0.05, 0.1) is 5.02 Å². The van der Waals surface area contributed by atoms with Gasteiger partial charge in [-0.3, -0.25) is 4.98 Å². The fourth-order valence-electron chi connectivity index (χ4n) is 1.50.